The summed E-state index contributed by atoms with van der Waals surface area (Å²) in [5.41, 5.74) is 5.61. The van der Waals surface area contributed by atoms with Gasteiger partial charge in [-0.15, -0.1) is 0 Å². The smallest absolute Gasteiger partial charge is 0.142 e. The molecule has 0 unspecified atom stereocenters. The number of hydrogen-bond donors (Lipinski definition) is 2. The predicted molar refractivity (Wildman–Crippen MR) is 64.8 cm³/mol. The number of oxime groups is 1. The fourth-order valence-corrected chi connectivity index (χ4v) is 2.21. The fourth-order valence-electron chi connectivity index (χ4n) is 2.21. The minimum Gasteiger partial charge on any atom is -0.409 e. The summed E-state index contributed by atoms with van der Waals surface area (Å²) in [4.78, 5) is 2.39. The average Bonchev–Trinajstić information content (AvgIpc) is 2.89. The molecule has 0 spiro atoms. The first-order valence-corrected chi connectivity index (χ1v) is 5.97. The molecule has 3 N–H and O–H groups in total. The van der Waals surface area contributed by atoms with Gasteiger partial charge in [0, 0.05) is 24.9 Å². The summed E-state index contributed by atoms with van der Waals surface area (Å²) in [5.74, 6) is 0.609. The molecule has 0 aromatic carbocycles. The Hall–Kier alpha value is -1.56. The Labute approximate surface area is 101 Å². The van der Waals surface area contributed by atoms with Crippen LogP contribution in [0.5, 0.6) is 0 Å². The number of aromatic nitrogens is 2. The Balaban J connectivity index is 1.72. The third-order valence-electron chi connectivity index (χ3n) is 3.33. The predicted octanol–water partition coefficient (Wildman–Crippen LogP) is 0.341. The summed E-state index contributed by atoms with van der Waals surface area (Å²) >= 11 is 0. The molecule has 0 bridgehead atoms. The second-order valence-electron chi connectivity index (χ2n) is 4.41. The molecule has 1 aliphatic rings. The van der Waals surface area contributed by atoms with Gasteiger partial charge in [-0.3, -0.25) is 4.68 Å². The van der Waals surface area contributed by atoms with E-state index in [-0.39, 0.29) is 5.92 Å². The van der Waals surface area contributed by atoms with Crippen LogP contribution in [-0.4, -0.2) is 45.4 Å². The van der Waals surface area contributed by atoms with Gasteiger partial charge in [0.2, 0.25) is 0 Å². The van der Waals surface area contributed by atoms with Gasteiger partial charge in [-0.1, -0.05) is 5.16 Å². The van der Waals surface area contributed by atoms with E-state index in [1.807, 2.05) is 16.9 Å². The SMILES string of the molecule is NC(=NO)C1CCN(CCn2cccn2)CC1. The lowest BCUT2D eigenvalue weighted by molar-refractivity contribution is 0.197. The van der Waals surface area contributed by atoms with Crippen LogP contribution in [0.25, 0.3) is 0 Å². The molecule has 0 aliphatic carbocycles. The normalized spacial score (nSPS) is 19.6. The quantitative estimate of drug-likeness (QED) is 0.342. The van der Waals surface area contributed by atoms with Crippen molar-refractivity contribution in [1.29, 1.82) is 0 Å². The topological polar surface area (TPSA) is 79.7 Å². The maximum absolute atomic E-state index is 8.62. The number of likely N-dealkylation sites (tertiary alicyclic amines) is 1. The van der Waals surface area contributed by atoms with Crippen LogP contribution < -0.4 is 5.73 Å². The van der Waals surface area contributed by atoms with Gasteiger partial charge in [0.05, 0.1) is 6.54 Å². The molecule has 0 amide bonds. The molecule has 0 saturated carbocycles. The molecule has 17 heavy (non-hydrogen) atoms. The van der Waals surface area contributed by atoms with E-state index in [0.29, 0.717) is 5.84 Å². The molecular weight excluding hydrogens is 218 g/mol. The summed E-state index contributed by atoms with van der Waals surface area (Å²) in [5, 5.41) is 15.9. The van der Waals surface area contributed by atoms with Crippen molar-refractivity contribution in [2.75, 3.05) is 19.6 Å². The molecule has 0 radical (unpaired) electrons. The summed E-state index contributed by atoms with van der Waals surface area (Å²) < 4.78 is 1.94. The molecule has 1 saturated heterocycles. The number of amidine groups is 1. The minimum absolute atomic E-state index is 0.237. The van der Waals surface area contributed by atoms with Crippen LogP contribution in [-0.2, 0) is 6.54 Å². The van der Waals surface area contributed by atoms with Crippen LogP contribution in [0, 0.1) is 5.92 Å². The molecule has 94 valence electrons. The van der Waals surface area contributed by atoms with E-state index in [2.05, 4.69) is 15.2 Å². The lowest BCUT2D eigenvalue weighted by Crippen LogP contribution is -2.40. The van der Waals surface area contributed by atoms with E-state index in [1.165, 1.54) is 0 Å². The number of nitrogens with zero attached hydrogens (tertiary/aromatic N) is 4. The molecule has 2 heterocycles. The third kappa shape index (κ3) is 3.20. The Morgan fingerprint density at radius 1 is 1.41 bits per heavy atom. The van der Waals surface area contributed by atoms with Gasteiger partial charge in [0.1, 0.15) is 5.84 Å². The highest BCUT2D eigenvalue weighted by Gasteiger charge is 2.21. The largest absolute Gasteiger partial charge is 0.409 e. The molecular formula is C11H19N5O. The Morgan fingerprint density at radius 2 is 2.18 bits per heavy atom. The van der Waals surface area contributed by atoms with E-state index in [9.17, 15) is 0 Å². The van der Waals surface area contributed by atoms with Crippen LogP contribution in [0.1, 0.15) is 12.8 Å². The summed E-state index contributed by atoms with van der Waals surface area (Å²) in [6.07, 6.45) is 5.71. The van der Waals surface area contributed by atoms with Gasteiger partial charge in [-0.2, -0.15) is 5.10 Å². The van der Waals surface area contributed by atoms with Gasteiger partial charge < -0.3 is 15.8 Å². The van der Waals surface area contributed by atoms with Crippen molar-refractivity contribution in [1.82, 2.24) is 14.7 Å². The van der Waals surface area contributed by atoms with Crippen LogP contribution in [0.15, 0.2) is 23.6 Å². The number of piperidine rings is 1. The van der Waals surface area contributed by atoms with E-state index in [0.717, 1.165) is 39.0 Å². The zero-order chi connectivity index (χ0) is 12.1. The van der Waals surface area contributed by atoms with Crippen LogP contribution in [0.2, 0.25) is 0 Å². The van der Waals surface area contributed by atoms with E-state index in [4.69, 9.17) is 10.9 Å². The molecule has 6 nitrogen and oxygen atoms in total. The first-order valence-electron chi connectivity index (χ1n) is 5.97. The highest BCUT2D eigenvalue weighted by atomic mass is 16.4. The van der Waals surface area contributed by atoms with Crippen molar-refractivity contribution in [2.45, 2.75) is 19.4 Å². The van der Waals surface area contributed by atoms with Crippen LogP contribution >= 0.6 is 0 Å². The molecule has 6 heteroatoms. The average molecular weight is 237 g/mol. The monoisotopic (exact) mass is 237 g/mol. The van der Waals surface area contributed by atoms with Crippen LogP contribution in [0.3, 0.4) is 0 Å². The van der Waals surface area contributed by atoms with Gasteiger partial charge in [-0.25, -0.2) is 0 Å². The Kier molecular flexibility index (Phi) is 3.98. The molecule has 0 atom stereocenters. The van der Waals surface area contributed by atoms with Gasteiger partial charge >= 0.3 is 0 Å². The summed E-state index contributed by atoms with van der Waals surface area (Å²) in [7, 11) is 0. The first-order chi connectivity index (χ1) is 8.29. The Bertz CT molecular complexity index is 354. The lowest BCUT2D eigenvalue weighted by Gasteiger charge is -2.31. The van der Waals surface area contributed by atoms with Gasteiger partial charge in [0.25, 0.3) is 0 Å². The lowest BCUT2D eigenvalue weighted by atomic mass is 9.96. The van der Waals surface area contributed by atoms with Gasteiger partial charge in [0.15, 0.2) is 0 Å². The molecule has 1 fully saturated rings. The second kappa shape index (κ2) is 5.67. The summed E-state index contributed by atoms with van der Waals surface area (Å²) in [6.45, 7) is 3.93. The number of rotatable bonds is 4. The van der Waals surface area contributed by atoms with Crippen molar-refractivity contribution in [3.63, 3.8) is 0 Å². The van der Waals surface area contributed by atoms with E-state index < -0.39 is 0 Å². The fraction of sp³-hybridized carbons (Fsp3) is 0.636. The van der Waals surface area contributed by atoms with E-state index in [1.54, 1.807) is 6.20 Å². The van der Waals surface area contributed by atoms with Crippen molar-refractivity contribution in [3.8, 4) is 0 Å². The van der Waals surface area contributed by atoms with Crippen molar-refractivity contribution >= 4 is 5.84 Å². The standard InChI is InChI=1S/C11H19N5O/c12-11(14-17)10-2-6-15(7-3-10)8-9-16-5-1-4-13-16/h1,4-5,10,17H,2-3,6-9H2,(H2,12,14). The second-order valence-corrected chi connectivity index (χ2v) is 4.41. The summed E-state index contributed by atoms with van der Waals surface area (Å²) in [6, 6.07) is 1.94. The highest BCUT2D eigenvalue weighted by Crippen LogP contribution is 2.16. The van der Waals surface area contributed by atoms with Crippen molar-refractivity contribution < 1.29 is 5.21 Å². The molecule has 1 aliphatic heterocycles. The van der Waals surface area contributed by atoms with Crippen molar-refractivity contribution in [2.24, 2.45) is 16.8 Å². The van der Waals surface area contributed by atoms with Crippen LogP contribution in [0.4, 0.5) is 0 Å². The molecule has 2 rings (SSSR count). The first kappa shape index (κ1) is 11.9. The number of hydrogen-bond acceptors (Lipinski definition) is 4. The minimum atomic E-state index is 0.237. The van der Waals surface area contributed by atoms with E-state index >= 15 is 0 Å². The maximum atomic E-state index is 8.62. The van der Waals surface area contributed by atoms with Crippen molar-refractivity contribution in [3.05, 3.63) is 18.5 Å². The van der Waals surface area contributed by atoms with Gasteiger partial charge in [-0.05, 0) is 32.0 Å². The highest BCUT2D eigenvalue weighted by molar-refractivity contribution is 5.82. The third-order valence-corrected chi connectivity index (χ3v) is 3.33. The number of nitrogens with two attached hydrogens (primary N) is 1. The zero-order valence-corrected chi connectivity index (χ0v) is 9.87. The zero-order valence-electron chi connectivity index (χ0n) is 9.87. The Morgan fingerprint density at radius 3 is 2.76 bits per heavy atom. The maximum Gasteiger partial charge on any atom is 0.142 e. The molecule has 1 aromatic rings. The molecule has 1 aromatic heterocycles.